The van der Waals surface area contributed by atoms with E-state index >= 15 is 0 Å². The van der Waals surface area contributed by atoms with Gasteiger partial charge in [-0.3, -0.25) is 0 Å². The molecule has 78 valence electrons. The van der Waals surface area contributed by atoms with E-state index in [1.807, 2.05) is 11.8 Å². The number of hydrogen-bond acceptors (Lipinski definition) is 3. The minimum Gasteiger partial charge on any atom is -0.394 e. The van der Waals surface area contributed by atoms with Crippen LogP contribution in [-0.4, -0.2) is 28.3 Å². The van der Waals surface area contributed by atoms with Crippen LogP contribution in [0.5, 0.6) is 0 Å². The molecule has 0 aliphatic heterocycles. The first kappa shape index (κ1) is 11.3. The Kier molecular flexibility index (Phi) is 4.56. The first-order valence-electron chi connectivity index (χ1n) is 5.21. The fourth-order valence-electron chi connectivity index (χ4n) is 1.79. The molecule has 1 aliphatic carbocycles. The molecule has 0 aromatic rings. The van der Waals surface area contributed by atoms with E-state index in [4.69, 9.17) is 10.8 Å². The smallest absolute Gasteiger partial charge is 0.0611 e. The second kappa shape index (κ2) is 5.23. The van der Waals surface area contributed by atoms with Crippen molar-refractivity contribution in [2.24, 2.45) is 5.73 Å². The summed E-state index contributed by atoms with van der Waals surface area (Å²) in [5.41, 5.74) is 5.73. The van der Waals surface area contributed by atoms with Gasteiger partial charge in [-0.05, 0) is 31.4 Å². The lowest BCUT2D eigenvalue weighted by atomic mass is 10.0. The zero-order valence-corrected chi connectivity index (χ0v) is 9.28. The molecule has 1 rings (SSSR count). The lowest BCUT2D eigenvalue weighted by Gasteiger charge is -2.20. The summed E-state index contributed by atoms with van der Waals surface area (Å²) in [7, 11) is 0. The second-order valence-electron chi connectivity index (χ2n) is 4.11. The lowest BCUT2D eigenvalue weighted by molar-refractivity contribution is 0.200. The Morgan fingerprint density at radius 3 is 2.92 bits per heavy atom. The van der Waals surface area contributed by atoms with Crippen molar-refractivity contribution in [2.45, 2.75) is 49.8 Å². The zero-order chi connectivity index (χ0) is 9.73. The first-order valence-corrected chi connectivity index (χ1v) is 6.26. The Bertz CT molecular complexity index is 154. The fourth-order valence-corrected chi connectivity index (χ4v) is 3.31. The van der Waals surface area contributed by atoms with Gasteiger partial charge in [0, 0.05) is 10.8 Å². The normalized spacial score (nSPS) is 33.9. The minimum atomic E-state index is -0.260. The van der Waals surface area contributed by atoms with Crippen molar-refractivity contribution < 1.29 is 5.11 Å². The van der Waals surface area contributed by atoms with Crippen molar-refractivity contribution in [3.05, 3.63) is 0 Å². The fraction of sp³-hybridized carbons (Fsp3) is 1.00. The molecular formula is C10H21NOS. The van der Waals surface area contributed by atoms with E-state index in [9.17, 15) is 0 Å². The highest BCUT2D eigenvalue weighted by Crippen LogP contribution is 2.35. The van der Waals surface area contributed by atoms with Gasteiger partial charge in [0.1, 0.15) is 0 Å². The molecule has 0 bridgehead atoms. The Hall–Kier alpha value is 0.270. The second-order valence-corrected chi connectivity index (χ2v) is 5.52. The van der Waals surface area contributed by atoms with Crippen molar-refractivity contribution >= 4 is 11.8 Å². The Morgan fingerprint density at radius 1 is 1.62 bits per heavy atom. The van der Waals surface area contributed by atoms with Crippen molar-refractivity contribution in [2.75, 3.05) is 12.4 Å². The van der Waals surface area contributed by atoms with E-state index in [2.05, 4.69) is 6.92 Å². The third-order valence-electron chi connectivity index (χ3n) is 2.76. The molecule has 0 heterocycles. The predicted molar refractivity (Wildman–Crippen MR) is 59.0 cm³/mol. The number of aliphatic hydroxyl groups is 1. The molecule has 3 N–H and O–H groups in total. The van der Waals surface area contributed by atoms with Gasteiger partial charge in [-0.2, -0.15) is 11.8 Å². The topological polar surface area (TPSA) is 46.2 Å². The maximum Gasteiger partial charge on any atom is 0.0611 e. The van der Waals surface area contributed by atoms with Gasteiger partial charge >= 0.3 is 0 Å². The summed E-state index contributed by atoms with van der Waals surface area (Å²) < 4.78 is 0. The van der Waals surface area contributed by atoms with Gasteiger partial charge in [-0.25, -0.2) is 0 Å². The average molecular weight is 203 g/mol. The molecule has 1 saturated carbocycles. The molecule has 13 heavy (non-hydrogen) atoms. The summed E-state index contributed by atoms with van der Waals surface area (Å²) in [6.07, 6.45) is 5.75. The Balaban J connectivity index is 2.17. The van der Waals surface area contributed by atoms with Crippen LogP contribution in [0.15, 0.2) is 0 Å². The van der Waals surface area contributed by atoms with Crippen molar-refractivity contribution in [3.8, 4) is 0 Å². The van der Waals surface area contributed by atoms with Crippen LogP contribution in [0.25, 0.3) is 0 Å². The molecule has 0 spiro atoms. The van der Waals surface area contributed by atoms with Crippen molar-refractivity contribution in [1.82, 2.24) is 0 Å². The average Bonchev–Trinajstić information content (AvgIpc) is 2.50. The highest BCUT2D eigenvalue weighted by Gasteiger charge is 2.34. The first-order chi connectivity index (χ1) is 6.20. The van der Waals surface area contributed by atoms with Crippen LogP contribution in [0.4, 0.5) is 0 Å². The molecule has 0 amide bonds. The molecule has 3 heteroatoms. The number of nitrogens with two attached hydrogens (primary N) is 1. The van der Waals surface area contributed by atoms with Gasteiger partial charge < -0.3 is 10.8 Å². The summed E-state index contributed by atoms with van der Waals surface area (Å²) >= 11 is 2.04. The summed E-state index contributed by atoms with van der Waals surface area (Å²) in [4.78, 5) is 0. The monoisotopic (exact) mass is 203 g/mol. The molecular weight excluding hydrogens is 182 g/mol. The summed E-state index contributed by atoms with van der Waals surface area (Å²) in [6.45, 7) is 2.37. The maximum absolute atomic E-state index is 9.08. The van der Waals surface area contributed by atoms with E-state index < -0.39 is 0 Å². The van der Waals surface area contributed by atoms with Gasteiger partial charge in [0.05, 0.1) is 6.61 Å². The van der Waals surface area contributed by atoms with Gasteiger partial charge in [-0.1, -0.05) is 13.3 Å². The lowest BCUT2D eigenvalue weighted by Crippen LogP contribution is -2.41. The molecule has 0 radical (unpaired) electrons. The number of rotatable bonds is 5. The van der Waals surface area contributed by atoms with Gasteiger partial charge in [0.15, 0.2) is 0 Å². The molecule has 1 aliphatic rings. The number of aliphatic hydroxyl groups excluding tert-OH is 1. The summed E-state index contributed by atoms with van der Waals surface area (Å²) in [6, 6.07) is 0. The minimum absolute atomic E-state index is 0.151. The van der Waals surface area contributed by atoms with Gasteiger partial charge in [0.25, 0.3) is 0 Å². The van der Waals surface area contributed by atoms with Crippen molar-refractivity contribution in [3.63, 3.8) is 0 Å². The molecule has 2 nitrogen and oxygen atoms in total. The van der Waals surface area contributed by atoms with Crippen LogP contribution in [0.1, 0.15) is 39.0 Å². The SMILES string of the molecule is CCCCSC1CCC(N)(CO)C1. The molecule has 2 atom stereocenters. The number of unbranched alkanes of at least 4 members (excludes halogenated alkanes) is 1. The molecule has 0 aromatic carbocycles. The standard InChI is InChI=1S/C10H21NOS/c1-2-3-6-13-9-4-5-10(11,7-9)8-12/h9,12H,2-8,11H2,1H3. The number of thioether (sulfide) groups is 1. The third kappa shape index (κ3) is 3.49. The highest BCUT2D eigenvalue weighted by atomic mass is 32.2. The zero-order valence-electron chi connectivity index (χ0n) is 8.46. The van der Waals surface area contributed by atoms with Crippen LogP contribution in [0.3, 0.4) is 0 Å². The van der Waals surface area contributed by atoms with Crippen LogP contribution in [0.2, 0.25) is 0 Å². The predicted octanol–water partition coefficient (Wildman–Crippen LogP) is 1.76. The Morgan fingerprint density at radius 2 is 2.38 bits per heavy atom. The molecule has 0 aromatic heterocycles. The quantitative estimate of drug-likeness (QED) is 0.669. The van der Waals surface area contributed by atoms with E-state index in [1.54, 1.807) is 0 Å². The van der Waals surface area contributed by atoms with E-state index in [-0.39, 0.29) is 12.1 Å². The molecule has 0 saturated heterocycles. The summed E-state index contributed by atoms with van der Waals surface area (Å²) in [5.74, 6) is 1.25. The van der Waals surface area contributed by atoms with Crippen LogP contribution in [0, 0.1) is 0 Å². The maximum atomic E-state index is 9.08. The molecule has 2 unspecified atom stereocenters. The van der Waals surface area contributed by atoms with E-state index in [0.29, 0.717) is 5.25 Å². The van der Waals surface area contributed by atoms with Gasteiger partial charge in [-0.15, -0.1) is 0 Å². The molecule has 1 fully saturated rings. The third-order valence-corrected chi connectivity index (χ3v) is 4.16. The number of hydrogen-bond donors (Lipinski definition) is 2. The Labute approximate surface area is 85.3 Å². The van der Waals surface area contributed by atoms with Crippen LogP contribution in [-0.2, 0) is 0 Å². The van der Waals surface area contributed by atoms with E-state index in [0.717, 1.165) is 12.8 Å². The summed E-state index contributed by atoms with van der Waals surface area (Å²) in [5, 5.41) is 9.78. The highest BCUT2D eigenvalue weighted by molar-refractivity contribution is 7.99. The van der Waals surface area contributed by atoms with Gasteiger partial charge in [0.2, 0.25) is 0 Å². The van der Waals surface area contributed by atoms with Crippen LogP contribution >= 0.6 is 11.8 Å². The van der Waals surface area contributed by atoms with E-state index in [1.165, 1.54) is 25.0 Å². The largest absolute Gasteiger partial charge is 0.394 e. The van der Waals surface area contributed by atoms with Crippen molar-refractivity contribution in [1.29, 1.82) is 0 Å². The van der Waals surface area contributed by atoms with Crippen LogP contribution < -0.4 is 5.73 Å².